The average Bonchev–Trinajstić information content (AvgIpc) is 2.87. The Hall–Kier alpha value is -2.47. The molecule has 0 unspecified atom stereocenters. The minimum Gasteiger partial charge on any atom is -0.369 e. The molecule has 25 heavy (non-hydrogen) atoms. The monoisotopic (exact) mass is 340 g/mol. The van der Waals surface area contributed by atoms with Crippen LogP contribution in [-0.2, 0) is 14.3 Å². The molecule has 0 radical (unpaired) electrons. The standard InChI is InChI=1S/C19H20N2O4/c1-11-14-10-12(16-4-2-3-9-25-16)5-6-13(14)19(24)21(11)15-7-8-17(22)20-18(15)23/h2-3,5-6,10-11,15-16H,4,7-9H2,1H3,(H,20,22,23)/t11-,15+,16+/m1/s1. The third-order valence-electron chi connectivity index (χ3n) is 5.24. The van der Waals surface area contributed by atoms with Gasteiger partial charge >= 0.3 is 0 Å². The molecule has 6 heteroatoms. The Bertz CT molecular complexity index is 786. The maximum absolute atomic E-state index is 12.8. The second kappa shape index (κ2) is 6.11. The highest BCUT2D eigenvalue weighted by atomic mass is 16.5. The Balaban J connectivity index is 1.63. The van der Waals surface area contributed by atoms with E-state index in [4.69, 9.17) is 4.74 Å². The zero-order valence-corrected chi connectivity index (χ0v) is 14.0. The molecule has 0 spiro atoms. The highest BCUT2D eigenvalue weighted by molar-refractivity contribution is 6.05. The quantitative estimate of drug-likeness (QED) is 0.660. The molecule has 4 rings (SSSR count). The van der Waals surface area contributed by atoms with Crippen molar-refractivity contribution in [3.8, 4) is 0 Å². The maximum Gasteiger partial charge on any atom is 0.255 e. The number of nitrogens with one attached hydrogen (secondary N) is 1. The van der Waals surface area contributed by atoms with Gasteiger partial charge in [-0.1, -0.05) is 24.3 Å². The Kier molecular flexibility index (Phi) is 3.92. The number of ether oxygens (including phenoxy) is 1. The van der Waals surface area contributed by atoms with Gasteiger partial charge < -0.3 is 9.64 Å². The lowest BCUT2D eigenvalue weighted by Crippen LogP contribution is -2.53. The molecule has 3 aliphatic rings. The minimum atomic E-state index is -0.593. The molecule has 0 aromatic heterocycles. The van der Waals surface area contributed by atoms with Crippen LogP contribution in [0.15, 0.2) is 30.4 Å². The summed E-state index contributed by atoms with van der Waals surface area (Å²) >= 11 is 0. The summed E-state index contributed by atoms with van der Waals surface area (Å²) in [6.45, 7) is 2.53. The number of carbonyl (C=O) groups excluding carboxylic acids is 3. The van der Waals surface area contributed by atoms with Crippen LogP contribution in [0.5, 0.6) is 0 Å². The fourth-order valence-electron chi connectivity index (χ4n) is 3.91. The molecule has 0 saturated carbocycles. The molecule has 130 valence electrons. The molecule has 1 aromatic carbocycles. The van der Waals surface area contributed by atoms with Gasteiger partial charge in [0.25, 0.3) is 5.91 Å². The SMILES string of the molecule is C[C@@H]1c2cc([C@@H]3CC=CCO3)ccc2C(=O)N1[C@H]1CCC(=O)NC1=O. The number of imide groups is 1. The van der Waals surface area contributed by atoms with Crippen molar-refractivity contribution in [2.75, 3.05) is 6.61 Å². The topological polar surface area (TPSA) is 75.7 Å². The fraction of sp³-hybridized carbons (Fsp3) is 0.421. The van der Waals surface area contributed by atoms with Crippen LogP contribution < -0.4 is 5.32 Å². The van der Waals surface area contributed by atoms with E-state index in [9.17, 15) is 14.4 Å². The normalized spacial score (nSPS) is 28.9. The number of rotatable bonds is 2. The van der Waals surface area contributed by atoms with Crippen LogP contribution >= 0.6 is 0 Å². The number of nitrogens with zero attached hydrogens (tertiary/aromatic N) is 1. The molecule has 1 fully saturated rings. The van der Waals surface area contributed by atoms with E-state index in [-0.39, 0.29) is 36.3 Å². The van der Waals surface area contributed by atoms with E-state index >= 15 is 0 Å². The zero-order valence-electron chi connectivity index (χ0n) is 14.0. The first-order valence-electron chi connectivity index (χ1n) is 8.63. The largest absolute Gasteiger partial charge is 0.369 e. The smallest absolute Gasteiger partial charge is 0.255 e. The van der Waals surface area contributed by atoms with E-state index < -0.39 is 6.04 Å². The highest BCUT2D eigenvalue weighted by Gasteiger charge is 2.43. The van der Waals surface area contributed by atoms with E-state index in [0.29, 0.717) is 18.6 Å². The van der Waals surface area contributed by atoms with Gasteiger partial charge in [-0.05, 0) is 37.0 Å². The van der Waals surface area contributed by atoms with Gasteiger partial charge in [0.1, 0.15) is 6.04 Å². The number of hydrogen-bond donors (Lipinski definition) is 1. The number of amides is 3. The summed E-state index contributed by atoms with van der Waals surface area (Å²) in [4.78, 5) is 38.0. The van der Waals surface area contributed by atoms with Gasteiger partial charge in [-0.25, -0.2) is 0 Å². The predicted molar refractivity (Wildman–Crippen MR) is 89.6 cm³/mol. The molecular weight excluding hydrogens is 320 g/mol. The Morgan fingerprint density at radius 1 is 1.20 bits per heavy atom. The maximum atomic E-state index is 12.8. The van der Waals surface area contributed by atoms with E-state index in [1.165, 1.54) is 0 Å². The second-order valence-electron chi connectivity index (χ2n) is 6.73. The van der Waals surface area contributed by atoms with E-state index in [2.05, 4.69) is 11.4 Å². The number of hydrogen-bond acceptors (Lipinski definition) is 4. The predicted octanol–water partition coefficient (Wildman–Crippen LogP) is 2.03. The van der Waals surface area contributed by atoms with Gasteiger partial charge in [-0.2, -0.15) is 0 Å². The molecule has 0 aliphatic carbocycles. The molecule has 3 atom stereocenters. The van der Waals surface area contributed by atoms with Crippen LogP contribution in [0.2, 0.25) is 0 Å². The van der Waals surface area contributed by atoms with Gasteiger partial charge in [-0.15, -0.1) is 0 Å². The molecule has 0 bridgehead atoms. The summed E-state index contributed by atoms with van der Waals surface area (Å²) in [7, 11) is 0. The van der Waals surface area contributed by atoms with Crippen LogP contribution in [0.4, 0.5) is 0 Å². The van der Waals surface area contributed by atoms with Gasteiger partial charge in [0.2, 0.25) is 11.8 Å². The number of fused-ring (bicyclic) bond motifs is 1. The second-order valence-corrected chi connectivity index (χ2v) is 6.73. The van der Waals surface area contributed by atoms with E-state index in [1.807, 2.05) is 31.2 Å². The first kappa shape index (κ1) is 16.0. The highest BCUT2D eigenvalue weighted by Crippen LogP contribution is 2.38. The van der Waals surface area contributed by atoms with Crippen molar-refractivity contribution in [2.24, 2.45) is 0 Å². The molecular formula is C19H20N2O4. The van der Waals surface area contributed by atoms with Crippen LogP contribution in [0.25, 0.3) is 0 Å². The zero-order chi connectivity index (χ0) is 17.6. The summed E-state index contributed by atoms with van der Waals surface area (Å²) in [6.07, 6.45) is 5.56. The molecule has 3 amide bonds. The molecule has 3 aliphatic heterocycles. The Morgan fingerprint density at radius 3 is 2.76 bits per heavy atom. The van der Waals surface area contributed by atoms with Crippen molar-refractivity contribution in [2.45, 2.75) is 44.4 Å². The van der Waals surface area contributed by atoms with Crippen molar-refractivity contribution in [3.05, 3.63) is 47.0 Å². The van der Waals surface area contributed by atoms with Crippen molar-refractivity contribution in [1.82, 2.24) is 10.2 Å². The molecule has 1 saturated heterocycles. The summed E-state index contributed by atoms with van der Waals surface area (Å²) in [6, 6.07) is 4.99. The summed E-state index contributed by atoms with van der Waals surface area (Å²) < 4.78 is 5.77. The van der Waals surface area contributed by atoms with Crippen LogP contribution in [0.1, 0.15) is 59.8 Å². The first-order valence-corrected chi connectivity index (χ1v) is 8.63. The summed E-state index contributed by atoms with van der Waals surface area (Å²) in [5.41, 5.74) is 2.60. The lowest BCUT2D eigenvalue weighted by atomic mass is 9.97. The molecule has 3 heterocycles. The molecule has 6 nitrogen and oxygen atoms in total. The first-order chi connectivity index (χ1) is 12.1. The van der Waals surface area contributed by atoms with Gasteiger partial charge in [0, 0.05) is 12.0 Å². The number of piperidine rings is 1. The van der Waals surface area contributed by atoms with Gasteiger partial charge in [0.15, 0.2) is 0 Å². The number of benzene rings is 1. The summed E-state index contributed by atoms with van der Waals surface area (Å²) in [5, 5.41) is 2.34. The van der Waals surface area contributed by atoms with E-state index in [1.54, 1.807) is 4.90 Å². The third-order valence-corrected chi connectivity index (χ3v) is 5.24. The Labute approximate surface area is 145 Å². The van der Waals surface area contributed by atoms with Crippen molar-refractivity contribution < 1.29 is 19.1 Å². The van der Waals surface area contributed by atoms with Crippen LogP contribution in [0, 0.1) is 0 Å². The van der Waals surface area contributed by atoms with Crippen LogP contribution in [0.3, 0.4) is 0 Å². The van der Waals surface area contributed by atoms with Crippen molar-refractivity contribution in [1.29, 1.82) is 0 Å². The van der Waals surface area contributed by atoms with Gasteiger partial charge in [0.05, 0.1) is 18.8 Å². The minimum absolute atomic E-state index is 0.00209. The fourth-order valence-corrected chi connectivity index (χ4v) is 3.91. The lowest BCUT2D eigenvalue weighted by Gasteiger charge is -2.33. The lowest BCUT2D eigenvalue weighted by molar-refractivity contribution is -0.137. The Morgan fingerprint density at radius 2 is 2.04 bits per heavy atom. The molecule has 1 N–H and O–H groups in total. The van der Waals surface area contributed by atoms with E-state index in [0.717, 1.165) is 17.5 Å². The van der Waals surface area contributed by atoms with Crippen LogP contribution in [-0.4, -0.2) is 35.3 Å². The molecule has 1 aromatic rings. The van der Waals surface area contributed by atoms with Crippen molar-refractivity contribution in [3.63, 3.8) is 0 Å². The third kappa shape index (κ3) is 2.66. The van der Waals surface area contributed by atoms with Gasteiger partial charge in [-0.3, -0.25) is 19.7 Å². The average molecular weight is 340 g/mol. The van der Waals surface area contributed by atoms with Crippen molar-refractivity contribution >= 4 is 17.7 Å². The summed E-state index contributed by atoms with van der Waals surface area (Å²) in [5.74, 6) is -0.805. The number of carbonyl (C=O) groups is 3.